The van der Waals surface area contributed by atoms with Gasteiger partial charge in [0.15, 0.2) is 6.61 Å². The molecule has 0 rings (SSSR count). The van der Waals surface area contributed by atoms with Gasteiger partial charge in [0, 0.05) is 0 Å². The van der Waals surface area contributed by atoms with E-state index in [2.05, 4.69) is 29.8 Å². The number of hydrogen-bond acceptors (Lipinski definition) is 4. The van der Waals surface area contributed by atoms with Crippen molar-refractivity contribution in [1.29, 1.82) is 0 Å². The van der Waals surface area contributed by atoms with Crippen LogP contribution in [-0.2, 0) is 14.3 Å². The van der Waals surface area contributed by atoms with Gasteiger partial charge in [0.25, 0.3) is 0 Å². The van der Waals surface area contributed by atoms with Crippen molar-refractivity contribution in [2.45, 2.75) is 39.7 Å². The summed E-state index contributed by atoms with van der Waals surface area (Å²) >= 11 is 0. The Bertz CT molecular complexity index is 307. The van der Waals surface area contributed by atoms with Crippen molar-refractivity contribution in [3.8, 4) is 12.3 Å². The third kappa shape index (κ3) is 8.45. The highest BCUT2D eigenvalue weighted by Gasteiger charge is 2.17. The lowest BCUT2D eigenvalue weighted by Gasteiger charge is -2.13. The molecule has 0 aliphatic rings. The lowest BCUT2D eigenvalue weighted by atomic mass is 10.1. The monoisotopic (exact) mass is 255 g/mol. The Hall–Kier alpha value is -1.70. The van der Waals surface area contributed by atoms with E-state index in [4.69, 9.17) is 11.2 Å². The van der Waals surface area contributed by atoms with E-state index < -0.39 is 18.1 Å². The van der Waals surface area contributed by atoms with E-state index in [1.807, 2.05) is 0 Å². The standard InChI is InChI=1S/C13H21NO4/c1-5-8-18-13(16)14-11(4)12(15)17-9-6-7-10(2)3/h1,10-11H,6-9H2,2-4H3,(H,14,16). The van der Waals surface area contributed by atoms with Gasteiger partial charge >= 0.3 is 12.1 Å². The van der Waals surface area contributed by atoms with Crippen LogP contribution in [0.4, 0.5) is 4.79 Å². The third-order valence-electron chi connectivity index (χ3n) is 2.14. The van der Waals surface area contributed by atoms with Crippen LogP contribution in [0.25, 0.3) is 0 Å². The SMILES string of the molecule is C#CCOC(=O)NC(C)C(=O)OCCCC(C)C. The summed E-state index contributed by atoms with van der Waals surface area (Å²) in [6.45, 7) is 5.98. The van der Waals surface area contributed by atoms with Gasteiger partial charge in [0.1, 0.15) is 6.04 Å². The fourth-order valence-electron chi connectivity index (χ4n) is 1.17. The first-order valence-corrected chi connectivity index (χ1v) is 6.00. The van der Waals surface area contributed by atoms with Crippen molar-refractivity contribution < 1.29 is 19.1 Å². The Labute approximate surface area is 108 Å². The second-order valence-electron chi connectivity index (χ2n) is 4.35. The maximum absolute atomic E-state index is 11.5. The van der Waals surface area contributed by atoms with Crippen LogP contribution in [0.2, 0.25) is 0 Å². The average Bonchev–Trinajstić information content (AvgIpc) is 2.31. The fraction of sp³-hybridized carbons (Fsp3) is 0.692. The van der Waals surface area contributed by atoms with E-state index in [0.29, 0.717) is 12.5 Å². The highest BCUT2D eigenvalue weighted by molar-refractivity contribution is 5.80. The van der Waals surface area contributed by atoms with Crippen molar-refractivity contribution in [3.63, 3.8) is 0 Å². The summed E-state index contributed by atoms with van der Waals surface area (Å²) in [7, 11) is 0. The van der Waals surface area contributed by atoms with E-state index in [0.717, 1.165) is 12.8 Å². The molecule has 0 saturated carbocycles. The molecule has 0 fully saturated rings. The van der Waals surface area contributed by atoms with Gasteiger partial charge in [-0.1, -0.05) is 19.8 Å². The first kappa shape index (κ1) is 16.3. The topological polar surface area (TPSA) is 64.6 Å². The summed E-state index contributed by atoms with van der Waals surface area (Å²) in [5.74, 6) is 2.26. The molecule has 0 heterocycles. The van der Waals surface area contributed by atoms with Gasteiger partial charge in [-0.25, -0.2) is 9.59 Å². The largest absolute Gasteiger partial charge is 0.464 e. The molecule has 0 aromatic rings. The van der Waals surface area contributed by atoms with Crippen LogP contribution >= 0.6 is 0 Å². The second kappa shape index (κ2) is 9.34. The lowest BCUT2D eigenvalue weighted by Crippen LogP contribution is -2.40. The number of carbonyl (C=O) groups is 2. The Kier molecular flexibility index (Phi) is 8.46. The smallest absolute Gasteiger partial charge is 0.408 e. The Morgan fingerprint density at radius 1 is 1.28 bits per heavy atom. The molecule has 5 heteroatoms. The van der Waals surface area contributed by atoms with Gasteiger partial charge in [0.05, 0.1) is 6.61 Å². The van der Waals surface area contributed by atoms with Crippen molar-refractivity contribution in [2.24, 2.45) is 5.92 Å². The van der Waals surface area contributed by atoms with E-state index in [1.165, 1.54) is 6.92 Å². The molecule has 1 N–H and O–H groups in total. The van der Waals surface area contributed by atoms with E-state index in [9.17, 15) is 9.59 Å². The Balaban J connectivity index is 3.76. The first-order valence-electron chi connectivity index (χ1n) is 6.00. The van der Waals surface area contributed by atoms with Crippen molar-refractivity contribution in [1.82, 2.24) is 5.32 Å². The number of alkyl carbamates (subject to hydrolysis) is 1. The molecule has 0 aliphatic heterocycles. The molecular weight excluding hydrogens is 234 g/mol. The van der Waals surface area contributed by atoms with Crippen LogP contribution in [0.3, 0.4) is 0 Å². The predicted molar refractivity (Wildman–Crippen MR) is 67.8 cm³/mol. The summed E-state index contributed by atoms with van der Waals surface area (Å²) in [5.41, 5.74) is 0. The molecule has 1 amide bonds. The van der Waals surface area contributed by atoms with Gasteiger partial charge in [-0.15, -0.1) is 6.42 Å². The maximum Gasteiger partial charge on any atom is 0.408 e. The number of ether oxygens (including phenoxy) is 2. The highest BCUT2D eigenvalue weighted by atomic mass is 16.6. The van der Waals surface area contributed by atoms with Crippen LogP contribution in [0.1, 0.15) is 33.6 Å². The molecule has 0 aromatic heterocycles. The van der Waals surface area contributed by atoms with E-state index in [1.54, 1.807) is 0 Å². The lowest BCUT2D eigenvalue weighted by molar-refractivity contribution is -0.145. The van der Waals surface area contributed by atoms with Crippen molar-refractivity contribution in [3.05, 3.63) is 0 Å². The maximum atomic E-state index is 11.5. The Morgan fingerprint density at radius 2 is 1.94 bits per heavy atom. The molecule has 5 nitrogen and oxygen atoms in total. The molecule has 0 spiro atoms. The van der Waals surface area contributed by atoms with Crippen LogP contribution in [0, 0.1) is 18.3 Å². The molecule has 0 radical (unpaired) electrons. The molecule has 102 valence electrons. The quantitative estimate of drug-likeness (QED) is 0.427. The molecule has 18 heavy (non-hydrogen) atoms. The molecule has 1 atom stereocenters. The van der Waals surface area contributed by atoms with E-state index >= 15 is 0 Å². The van der Waals surface area contributed by atoms with Crippen molar-refractivity contribution in [2.75, 3.05) is 13.2 Å². The fourth-order valence-corrected chi connectivity index (χ4v) is 1.17. The number of amides is 1. The summed E-state index contributed by atoms with van der Waals surface area (Å²) in [6.07, 6.45) is 6.02. The van der Waals surface area contributed by atoms with Crippen LogP contribution < -0.4 is 5.32 Å². The van der Waals surface area contributed by atoms with Crippen LogP contribution in [0.5, 0.6) is 0 Å². The summed E-state index contributed by atoms with van der Waals surface area (Å²) in [6, 6.07) is -0.741. The van der Waals surface area contributed by atoms with Crippen LogP contribution in [0.15, 0.2) is 0 Å². The van der Waals surface area contributed by atoms with E-state index in [-0.39, 0.29) is 6.61 Å². The molecule has 0 aliphatic carbocycles. The van der Waals surface area contributed by atoms with Gasteiger partial charge in [-0.2, -0.15) is 0 Å². The number of nitrogens with one attached hydrogen (secondary N) is 1. The summed E-state index contributed by atoms with van der Waals surface area (Å²) in [5, 5.41) is 2.33. The van der Waals surface area contributed by atoms with Gasteiger partial charge in [-0.3, -0.25) is 0 Å². The first-order chi connectivity index (χ1) is 8.47. The number of carbonyl (C=O) groups excluding carboxylic acids is 2. The Morgan fingerprint density at radius 3 is 2.50 bits per heavy atom. The highest BCUT2D eigenvalue weighted by Crippen LogP contribution is 2.03. The van der Waals surface area contributed by atoms with Gasteiger partial charge in [-0.05, 0) is 25.7 Å². The number of terminal acetylenes is 1. The zero-order chi connectivity index (χ0) is 14.0. The average molecular weight is 255 g/mol. The van der Waals surface area contributed by atoms with Gasteiger partial charge in [0.2, 0.25) is 0 Å². The number of hydrogen-bond donors (Lipinski definition) is 1. The molecule has 0 aromatic carbocycles. The van der Waals surface area contributed by atoms with Crippen LogP contribution in [-0.4, -0.2) is 31.3 Å². The zero-order valence-electron chi connectivity index (χ0n) is 11.2. The minimum Gasteiger partial charge on any atom is -0.464 e. The van der Waals surface area contributed by atoms with Gasteiger partial charge < -0.3 is 14.8 Å². The molecule has 0 bridgehead atoms. The number of rotatable bonds is 7. The summed E-state index contributed by atoms with van der Waals surface area (Å²) < 4.78 is 9.59. The van der Waals surface area contributed by atoms with Crippen molar-refractivity contribution >= 4 is 12.1 Å². The molecular formula is C13H21NO4. The number of esters is 1. The summed E-state index contributed by atoms with van der Waals surface area (Å²) in [4.78, 5) is 22.6. The normalized spacial score (nSPS) is 11.5. The third-order valence-corrected chi connectivity index (χ3v) is 2.14. The molecule has 1 unspecified atom stereocenters. The predicted octanol–water partition coefficient (Wildman–Crippen LogP) is 1.71. The minimum atomic E-state index is -0.741. The molecule has 0 saturated heterocycles. The second-order valence-corrected chi connectivity index (χ2v) is 4.35. The minimum absolute atomic E-state index is 0.123. The zero-order valence-corrected chi connectivity index (χ0v) is 11.2.